The number of carbonyl (C=O) groups excluding carboxylic acids is 1. The Balaban J connectivity index is 1.54. The molecular weight excluding hydrogens is 418 g/mol. The normalized spacial score (nSPS) is 15.0. The number of rotatable bonds is 5. The zero-order valence-corrected chi connectivity index (χ0v) is 17.6. The second-order valence-corrected chi connectivity index (χ2v) is 8.03. The van der Waals surface area contributed by atoms with E-state index in [9.17, 15) is 9.90 Å². The first kappa shape index (κ1) is 20.0. The molecule has 5 nitrogen and oxygen atoms in total. The number of nitrogens with zero attached hydrogens (tertiary/aromatic N) is 1. The van der Waals surface area contributed by atoms with Gasteiger partial charge in [0.1, 0.15) is 11.5 Å². The molecule has 0 radical (unpaired) electrons. The van der Waals surface area contributed by atoms with E-state index >= 15 is 0 Å². The maximum Gasteiger partial charge on any atom is 0.270 e. The molecule has 0 spiro atoms. The van der Waals surface area contributed by atoms with Crippen LogP contribution in [0.3, 0.4) is 0 Å². The molecule has 0 unspecified atom stereocenters. The highest BCUT2D eigenvalue weighted by Gasteiger charge is 2.33. The third-order valence-corrected chi connectivity index (χ3v) is 5.67. The molecule has 1 amide bonds. The van der Waals surface area contributed by atoms with Crippen LogP contribution < -0.4 is 14.4 Å². The van der Waals surface area contributed by atoms with Gasteiger partial charge in [-0.1, -0.05) is 48.2 Å². The average molecular weight is 436 g/mol. The van der Waals surface area contributed by atoms with Crippen LogP contribution in [0, 0.1) is 0 Å². The van der Waals surface area contributed by atoms with Gasteiger partial charge in [0, 0.05) is 0 Å². The molecule has 1 N–H and O–H groups in total. The van der Waals surface area contributed by atoms with Gasteiger partial charge in [-0.3, -0.25) is 9.69 Å². The lowest BCUT2D eigenvalue weighted by atomic mass is 10.2. The number of aromatic hydroxyl groups is 1. The van der Waals surface area contributed by atoms with Crippen molar-refractivity contribution < 1.29 is 19.4 Å². The highest BCUT2D eigenvalue weighted by molar-refractivity contribution is 8.27. The molecule has 1 saturated heterocycles. The number of phenols is 1. The number of ether oxygens (including phenoxy) is 2. The summed E-state index contributed by atoms with van der Waals surface area (Å²) in [6.07, 6.45) is 1.73. The number of thiocarbonyl (C=S) groups is 1. The number of benzene rings is 3. The summed E-state index contributed by atoms with van der Waals surface area (Å²) in [6, 6.07) is 21.6. The van der Waals surface area contributed by atoms with E-state index in [0.717, 1.165) is 11.3 Å². The summed E-state index contributed by atoms with van der Waals surface area (Å²) in [6.45, 7) is 0. The van der Waals surface area contributed by atoms with E-state index in [-0.39, 0.29) is 11.7 Å². The van der Waals surface area contributed by atoms with Crippen LogP contribution in [0.25, 0.3) is 6.08 Å². The number of amides is 1. The molecule has 0 atom stereocenters. The topological polar surface area (TPSA) is 59.0 Å². The maximum atomic E-state index is 13.0. The van der Waals surface area contributed by atoms with Crippen LogP contribution in [0.15, 0.2) is 77.7 Å². The minimum atomic E-state index is -0.200. The van der Waals surface area contributed by atoms with Gasteiger partial charge in [0.05, 0.1) is 17.7 Å². The number of hydrogen-bond acceptors (Lipinski definition) is 6. The van der Waals surface area contributed by atoms with Crippen LogP contribution in [0.4, 0.5) is 5.69 Å². The molecule has 4 rings (SSSR count). The fourth-order valence-corrected chi connectivity index (χ4v) is 4.21. The van der Waals surface area contributed by atoms with Gasteiger partial charge in [0.2, 0.25) is 0 Å². The predicted octanol–water partition coefficient (Wildman–Crippen LogP) is 5.60. The Bertz CT molecular complexity index is 1130. The van der Waals surface area contributed by atoms with Crippen molar-refractivity contribution in [3.8, 4) is 23.0 Å². The molecule has 150 valence electrons. The van der Waals surface area contributed by atoms with Gasteiger partial charge in [0.15, 0.2) is 15.8 Å². The summed E-state index contributed by atoms with van der Waals surface area (Å²) in [5, 5.41) is 9.74. The minimum Gasteiger partial charge on any atom is -0.504 e. The smallest absolute Gasteiger partial charge is 0.270 e. The van der Waals surface area contributed by atoms with Gasteiger partial charge in [0.25, 0.3) is 5.91 Å². The number of methoxy groups -OCH3 is 1. The summed E-state index contributed by atoms with van der Waals surface area (Å²) in [7, 11) is 1.48. The molecule has 1 fully saturated rings. The van der Waals surface area contributed by atoms with Crippen molar-refractivity contribution in [2.75, 3.05) is 12.0 Å². The molecule has 0 saturated carbocycles. The second-order valence-electron chi connectivity index (χ2n) is 6.36. The van der Waals surface area contributed by atoms with E-state index in [0.29, 0.717) is 26.4 Å². The molecule has 0 aliphatic carbocycles. The van der Waals surface area contributed by atoms with Crippen molar-refractivity contribution >= 4 is 46.0 Å². The molecule has 3 aromatic carbocycles. The fourth-order valence-electron chi connectivity index (χ4n) is 2.91. The maximum absolute atomic E-state index is 13.0. The Hall–Kier alpha value is -3.29. The molecule has 0 bridgehead atoms. The summed E-state index contributed by atoms with van der Waals surface area (Å²) >= 11 is 6.66. The van der Waals surface area contributed by atoms with Gasteiger partial charge in [-0.25, -0.2) is 0 Å². The molecule has 7 heteroatoms. The predicted molar refractivity (Wildman–Crippen MR) is 123 cm³/mol. The highest BCUT2D eigenvalue weighted by atomic mass is 32.2. The van der Waals surface area contributed by atoms with Crippen molar-refractivity contribution in [2.24, 2.45) is 0 Å². The monoisotopic (exact) mass is 435 g/mol. The Morgan fingerprint density at radius 3 is 2.40 bits per heavy atom. The van der Waals surface area contributed by atoms with E-state index in [2.05, 4.69) is 0 Å². The first-order valence-corrected chi connectivity index (χ1v) is 10.3. The van der Waals surface area contributed by atoms with Crippen molar-refractivity contribution in [3.63, 3.8) is 0 Å². The lowest BCUT2D eigenvalue weighted by Gasteiger charge is -2.15. The van der Waals surface area contributed by atoms with Gasteiger partial charge < -0.3 is 14.6 Å². The van der Waals surface area contributed by atoms with E-state index in [1.165, 1.54) is 29.8 Å². The Morgan fingerprint density at radius 2 is 1.70 bits per heavy atom. The van der Waals surface area contributed by atoms with Gasteiger partial charge in [-0.05, 0) is 60.2 Å². The largest absolute Gasteiger partial charge is 0.504 e. The zero-order chi connectivity index (χ0) is 21.1. The first-order valence-electron chi connectivity index (χ1n) is 9.03. The summed E-state index contributed by atoms with van der Waals surface area (Å²) in [4.78, 5) is 14.9. The van der Waals surface area contributed by atoms with Gasteiger partial charge in [-0.2, -0.15) is 0 Å². The van der Waals surface area contributed by atoms with Crippen molar-refractivity contribution in [2.45, 2.75) is 0 Å². The Labute approximate surface area is 183 Å². The number of thioether (sulfide) groups is 1. The van der Waals surface area contributed by atoms with Crippen LogP contribution in [0.1, 0.15) is 5.56 Å². The van der Waals surface area contributed by atoms with Crippen LogP contribution in [-0.2, 0) is 4.79 Å². The van der Waals surface area contributed by atoms with E-state index < -0.39 is 0 Å². The van der Waals surface area contributed by atoms with Crippen LogP contribution in [-0.4, -0.2) is 22.4 Å². The van der Waals surface area contributed by atoms with Crippen molar-refractivity contribution in [1.82, 2.24) is 0 Å². The standard InChI is InChI=1S/C23H17NO4S2/c1-27-20-13-15(7-12-19(20)25)14-21-22(26)24(23(29)30-21)16-8-10-18(11-9-16)28-17-5-3-2-4-6-17/h2-14,25H,1H3. The number of carbonyl (C=O) groups is 1. The molecule has 1 aliphatic heterocycles. The third-order valence-electron chi connectivity index (χ3n) is 4.37. The molecule has 1 heterocycles. The number of hydrogen-bond donors (Lipinski definition) is 1. The van der Waals surface area contributed by atoms with E-state index in [1.807, 2.05) is 30.3 Å². The third kappa shape index (κ3) is 4.17. The van der Waals surface area contributed by atoms with Crippen LogP contribution in [0.2, 0.25) is 0 Å². The zero-order valence-electron chi connectivity index (χ0n) is 15.9. The molecule has 30 heavy (non-hydrogen) atoms. The van der Waals surface area contributed by atoms with Gasteiger partial charge >= 0.3 is 0 Å². The Morgan fingerprint density at radius 1 is 1.00 bits per heavy atom. The summed E-state index contributed by atoms with van der Waals surface area (Å²) < 4.78 is 11.4. The van der Waals surface area contributed by atoms with Crippen molar-refractivity contribution in [1.29, 1.82) is 0 Å². The summed E-state index contributed by atoms with van der Waals surface area (Å²) in [5.74, 6) is 1.59. The highest BCUT2D eigenvalue weighted by Crippen LogP contribution is 2.37. The average Bonchev–Trinajstić information content (AvgIpc) is 3.04. The van der Waals surface area contributed by atoms with E-state index in [1.54, 1.807) is 42.5 Å². The SMILES string of the molecule is COc1cc(C=C2SC(=S)N(c3ccc(Oc4ccccc4)cc3)C2=O)ccc1O. The Kier molecular flexibility index (Phi) is 5.74. The fraction of sp³-hybridized carbons (Fsp3) is 0.0435. The molecule has 3 aromatic rings. The quantitative estimate of drug-likeness (QED) is 0.416. The first-order chi connectivity index (χ1) is 14.5. The van der Waals surface area contributed by atoms with Crippen LogP contribution in [0.5, 0.6) is 23.0 Å². The number of anilines is 1. The van der Waals surface area contributed by atoms with Crippen molar-refractivity contribution in [3.05, 3.63) is 83.3 Å². The van der Waals surface area contributed by atoms with Gasteiger partial charge in [-0.15, -0.1) is 0 Å². The second kappa shape index (κ2) is 8.61. The molecular formula is C23H17NO4S2. The molecule has 0 aromatic heterocycles. The number of para-hydroxylation sites is 1. The number of phenolic OH excluding ortho intramolecular Hbond substituents is 1. The molecule has 1 aliphatic rings. The lowest BCUT2D eigenvalue weighted by molar-refractivity contribution is -0.113. The van der Waals surface area contributed by atoms with Crippen LogP contribution >= 0.6 is 24.0 Å². The van der Waals surface area contributed by atoms with E-state index in [4.69, 9.17) is 21.7 Å². The summed E-state index contributed by atoms with van der Waals surface area (Å²) in [5.41, 5.74) is 1.40. The minimum absolute atomic E-state index is 0.0417. The lowest BCUT2D eigenvalue weighted by Crippen LogP contribution is -2.27.